The molecule has 82 valence electrons. The molecular formula is C10H19NO2S. The summed E-state index contributed by atoms with van der Waals surface area (Å²) in [5, 5.41) is 0. The lowest BCUT2D eigenvalue weighted by atomic mass is 10.0. The number of nitrogens with zero attached hydrogens (tertiary/aromatic N) is 1. The third-order valence-electron chi connectivity index (χ3n) is 2.67. The summed E-state index contributed by atoms with van der Waals surface area (Å²) >= 11 is 1.82. The van der Waals surface area contributed by atoms with Crippen LogP contribution in [-0.2, 0) is 9.53 Å². The van der Waals surface area contributed by atoms with E-state index < -0.39 is 0 Å². The molecule has 0 aliphatic carbocycles. The summed E-state index contributed by atoms with van der Waals surface area (Å²) in [6, 6.07) is 0.0147. The van der Waals surface area contributed by atoms with Crippen molar-refractivity contribution in [3.05, 3.63) is 0 Å². The molecule has 1 fully saturated rings. The fraction of sp³-hybridized carbons (Fsp3) is 0.900. The fourth-order valence-electron chi connectivity index (χ4n) is 1.87. The molecule has 0 aromatic rings. The zero-order valence-corrected chi connectivity index (χ0v) is 9.81. The summed E-state index contributed by atoms with van der Waals surface area (Å²) in [5.41, 5.74) is 0. The molecule has 0 N–H and O–H groups in total. The summed E-state index contributed by atoms with van der Waals surface area (Å²) in [4.78, 5) is 13.7. The Kier molecular flexibility index (Phi) is 5.33. The monoisotopic (exact) mass is 217 g/mol. The largest absolute Gasteiger partial charge is 0.468 e. The number of thioether (sulfide) groups is 1. The van der Waals surface area contributed by atoms with E-state index in [-0.39, 0.29) is 12.0 Å². The SMILES string of the molecule is COC(=O)[C@H]1CCCCN1CCSC. The normalized spacial score (nSPS) is 23.4. The molecule has 4 heteroatoms. The summed E-state index contributed by atoms with van der Waals surface area (Å²) < 4.78 is 4.81. The quantitative estimate of drug-likeness (QED) is 0.665. The Hall–Kier alpha value is -0.220. The van der Waals surface area contributed by atoms with Gasteiger partial charge in [0.05, 0.1) is 7.11 Å². The van der Waals surface area contributed by atoms with Crippen LogP contribution in [0.5, 0.6) is 0 Å². The molecule has 1 atom stereocenters. The molecule has 1 aliphatic rings. The molecule has 0 radical (unpaired) electrons. The van der Waals surface area contributed by atoms with Crippen molar-refractivity contribution in [2.45, 2.75) is 25.3 Å². The van der Waals surface area contributed by atoms with E-state index in [2.05, 4.69) is 11.2 Å². The van der Waals surface area contributed by atoms with Gasteiger partial charge >= 0.3 is 5.97 Å². The van der Waals surface area contributed by atoms with Crippen LogP contribution in [0.3, 0.4) is 0 Å². The Morgan fingerprint density at radius 2 is 2.36 bits per heavy atom. The average Bonchev–Trinajstić information content (AvgIpc) is 2.25. The maximum atomic E-state index is 11.5. The van der Waals surface area contributed by atoms with Gasteiger partial charge in [-0.3, -0.25) is 9.69 Å². The van der Waals surface area contributed by atoms with Crippen molar-refractivity contribution in [3.63, 3.8) is 0 Å². The predicted octanol–water partition coefficient (Wildman–Crippen LogP) is 1.38. The molecule has 1 saturated heterocycles. The van der Waals surface area contributed by atoms with Crippen molar-refractivity contribution in [2.24, 2.45) is 0 Å². The number of likely N-dealkylation sites (tertiary alicyclic amines) is 1. The van der Waals surface area contributed by atoms with Crippen molar-refractivity contribution in [2.75, 3.05) is 32.2 Å². The van der Waals surface area contributed by atoms with Crippen molar-refractivity contribution >= 4 is 17.7 Å². The lowest BCUT2D eigenvalue weighted by Crippen LogP contribution is -2.46. The van der Waals surface area contributed by atoms with Gasteiger partial charge in [0.25, 0.3) is 0 Å². The highest BCUT2D eigenvalue weighted by Crippen LogP contribution is 2.18. The van der Waals surface area contributed by atoms with Crippen LogP contribution < -0.4 is 0 Å². The van der Waals surface area contributed by atoms with Crippen LogP contribution in [-0.4, -0.2) is 49.1 Å². The van der Waals surface area contributed by atoms with Crippen LogP contribution in [0.2, 0.25) is 0 Å². The predicted molar refractivity (Wildman–Crippen MR) is 59.6 cm³/mol. The highest BCUT2D eigenvalue weighted by atomic mass is 32.2. The number of methoxy groups -OCH3 is 1. The van der Waals surface area contributed by atoms with Crippen LogP contribution in [0.15, 0.2) is 0 Å². The Bertz CT molecular complexity index is 187. The van der Waals surface area contributed by atoms with Crippen molar-refractivity contribution in [1.29, 1.82) is 0 Å². The van der Waals surface area contributed by atoms with Crippen LogP contribution in [0, 0.1) is 0 Å². The minimum atomic E-state index is -0.0641. The van der Waals surface area contributed by atoms with Gasteiger partial charge in [-0.05, 0) is 25.6 Å². The lowest BCUT2D eigenvalue weighted by molar-refractivity contribution is -0.148. The second-order valence-corrected chi connectivity index (χ2v) is 4.55. The molecule has 0 bridgehead atoms. The minimum absolute atomic E-state index is 0.0147. The zero-order chi connectivity index (χ0) is 10.4. The zero-order valence-electron chi connectivity index (χ0n) is 8.99. The molecule has 1 heterocycles. The van der Waals surface area contributed by atoms with Gasteiger partial charge in [-0.15, -0.1) is 0 Å². The third kappa shape index (κ3) is 3.17. The maximum absolute atomic E-state index is 11.5. The van der Waals surface area contributed by atoms with E-state index in [9.17, 15) is 4.79 Å². The molecular weight excluding hydrogens is 198 g/mol. The Morgan fingerprint density at radius 1 is 1.57 bits per heavy atom. The highest BCUT2D eigenvalue weighted by molar-refractivity contribution is 7.98. The van der Waals surface area contributed by atoms with Crippen LogP contribution in [0.4, 0.5) is 0 Å². The lowest BCUT2D eigenvalue weighted by Gasteiger charge is -2.33. The minimum Gasteiger partial charge on any atom is -0.468 e. The second-order valence-electron chi connectivity index (χ2n) is 3.56. The molecule has 0 saturated carbocycles. The highest BCUT2D eigenvalue weighted by Gasteiger charge is 2.28. The van der Waals surface area contributed by atoms with Gasteiger partial charge in [-0.25, -0.2) is 0 Å². The summed E-state index contributed by atoms with van der Waals surface area (Å²) in [7, 11) is 1.48. The van der Waals surface area contributed by atoms with Gasteiger partial charge in [-0.1, -0.05) is 6.42 Å². The summed E-state index contributed by atoms with van der Waals surface area (Å²) in [5.74, 6) is 1.03. The van der Waals surface area contributed by atoms with Gasteiger partial charge in [-0.2, -0.15) is 11.8 Å². The van der Waals surface area contributed by atoms with E-state index in [1.165, 1.54) is 13.5 Å². The Balaban J connectivity index is 2.45. The topological polar surface area (TPSA) is 29.5 Å². The first-order chi connectivity index (χ1) is 6.79. The number of rotatable bonds is 4. The number of hydrogen-bond acceptors (Lipinski definition) is 4. The number of carbonyl (C=O) groups excluding carboxylic acids is 1. The van der Waals surface area contributed by atoms with Gasteiger partial charge in [0, 0.05) is 12.3 Å². The van der Waals surface area contributed by atoms with E-state index >= 15 is 0 Å². The number of ether oxygens (including phenoxy) is 1. The Labute approximate surface area is 90.2 Å². The maximum Gasteiger partial charge on any atom is 0.323 e. The second kappa shape index (κ2) is 6.30. The molecule has 1 aliphatic heterocycles. The van der Waals surface area contributed by atoms with Crippen molar-refractivity contribution < 1.29 is 9.53 Å². The number of piperidine rings is 1. The molecule has 0 unspecified atom stereocenters. The van der Waals surface area contributed by atoms with Crippen LogP contribution in [0.1, 0.15) is 19.3 Å². The number of hydrogen-bond donors (Lipinski definition) is 0. The van der Waals surface area contributed by atoms with Gasteiger partial charge in [0.15, 0.2) is 0 Å². The van der Waals surface area contributed by atoms with Crippen molar-refractivity contribution in [1.82, 2.24) is 4.90 Å². The van der Waals surface area contributed by atoms with Gasteiger partial charge < -0.3 is 4.74 Å². The van der Waals surface area contributed by atoms with Gasteiger partial charge in [0.2, 0.25) is 0 Å². The number of esters is 1. The van der Waals surface area contributed by atoms with Crippen molar-refractivity contribution in [3.8, 4) is 0 Å². The van der Waals surface area contributed by atoms with E-state index in [0.29, 0.717) is 0 Å². The third-order valence-corrected chi connectivity index (χ3v) is 3.26. The molecule has 0 aromatic heterocycles. The molecule has 14 heavy (non-hydrogen) atoms. The van der Waals surface area contributed by atoms with E-state index in [1.807, 2.05) is 11.8 Å². The van der Waals surface area contributed by atoms with Crippen LogP contribution >= 0.6 is 11.8 Å². The smallest absolute Gasteiger partial charge is 0.323 e. The van der Waals surface area contributed by atoms with Gasteiger partial charge in [0.1, 0.15) is 6.04 Å². The van der Waals surface area contributed by atoms with Crippen LogP contribution in [0.25, 0.3) is 0 Å². The number of carbonyl (C=O) groups is 1. The first-order valence-corrected chi connectivity index (χ1v) is 6.49. The summed E-state index contributed by atoms with van der Waals surface area (Å²) in [6.07, 6.45) is 5.41. The average molecular weight is 217 g/mol. The first-order valence-electron chi connectivity index (χ1n) is 5.10. The molecule has 0 spiro atoms. The molecule has 1 rings (SSSR count). The standard InChI is InChI=1S/C10H19NO2S/c1-13-10(12)9-5-3-4-6-11(9)7-8-14-2/h9H,3-8H2,1-2H3/t9-/m1/s1. The molecule has 0 aromatic carbocycles. The van der Waals surface area contributed by atoms with E-state index in [0.717, 1.165) is 31.7 Å². The Morgan fingerprint density at radius 3 is 3.00 bits per heavy atom. The summed E-state index contributed by atoms with van der Waals surface area (Å²) in [6.45, 7) is 2.04. The molecule has 3 nitrogen and oxygen atoms in total. The fourth-order valence-corrected chi connectivity index (χ4v) is 2.29. The molecule has 0 amide bonds. The van der Waals surface area contributed by atoms with E-state index in [1.54, 1.807) is 0 Å². The first kappa shape index (κ1) is 11.9. The van der Waals surface area contributed by atoms with E-state index in [4.69, 9.17) is 4.74 Å².